The molecule has 2 aromatic carbocycles. The molecule has 2 aromatic rings. The average molecular weight is 414 g/mol. The second kappa shape index (κ2) is 8.83. The second-order valence-corrected chi connectivity index (χ2v) is 7.68. The number of para-hydroxylation sites is 2. The summed E-state index contributed by atoms with van der Waals surface area (Å²) in [6.45, 7) is -0.540. The maximum Gasteiger partial charge on any atom is 0.260 e. The number of amides is 1. The molecule has 0 aromatic heterocycles. The van der Waals surface area contributed by atoms with Gasteiger partial charge in [0.15, 0.2) is 0 Å². The highest BCUT2D eigenvalue weighted by Crippen LogP contribution is 2.29. The van der Waals surface area contributed by atoms with E-state index in [-0.39, 0.29) is 22.0 Å². The van der Waals surface area contributed by atoms with Crippen LogP contribution in [0.25, 0.3) is 0 Å². The number of carbonyl (C=O) groups is 1. The quantitative estimate of drug-likeness (QED) is 0.557. The van der Waals surface area contributed by atoms with Gasteiger partial charge >= 0.3 is 0 Å². The summed E-state index contributed by atoms with van der Waals surface area (Å²) in [6.07, 6.45) is 2.01. The molecule has 0 bridgehead atoms. The van der Waals surface area contributed by atoms with Crippen molar-refractivity contribution in [1.29, 1.82) is 0 Å². The van der Waals surface area contributed by atoms with Crippen LogP contribution in [0.15, 0.2) is 47.6 Å². The number of nitrogens with zero attached hydrogens (tertiary/aromatic N) is 2. The van der Waals surface area contributed by atoms with E-state index in [1.807, 2.05) is 0 Å². The number of carbonyl (C=O) groups excluding carboxylic acids is 1. The minimum absolute atomic E-state index is 0.00386. The molecular formula is C17H17ClFN3O4S. The third-order valence-electron chi connectivity index (χ3n) is 3.42. The molecule has 1 amide bonds. The van der Waals surface area contributed by atoms with E-state index < -0.39 is 28.3 Å². The number of nitrogens with one attached hydrogen (secondary N) is 1. The van der Waals surface area contributed by atoms with Crippen molar-refractivity contribution < 1.29 is 22.3 Å². The number of sulfonamides is 1. The minimum atomic E-state index is -3.78. The van der Waals surface area contributed by atoms with Crippen LogP contribution in [0.1, 0.15) is 5.56 Å². The first-order valence-corrected chi connectivity index (χ1v) is 9.83. The number of hydrogen-bond donors (Lipinski definition) is 1. The van der Waals surface area contributed by atoms with E-state index in [1.165, 1.54) is 31.4 Å². The SMILES string of the molecule is COc1ccccc1N(CC(=O)N/N=C\c1c(F)cccc1Cl)S(C)(=O)=O. The molecule has 0 atom stereocenters. The topological polar surface area (TPSA) is 88.1 Å². The Balaban J connectivity index is 2.17. The van der Waals surface area contributed by atoms with Gasteiger partial charge in [-0.3, -0.25) is 9.10 Å². The minimum Gasteiger partial charge on any atom is -0.495 e. The summed E-state index contributed by atoms with van der Waals surface area (Å²) in [5, 5.41) is 3.76. The van der Waals surface area contributed by atoms with Gasteiger partial charge in [-0.1, -0.05) is 29.8 Å². The van der Waals surface area contributed by atoms with Crippen molar-refractivity contribution in [2.45, 2.75) is 0 Å². The Labute approximate surface area is 161 Å². The van der Waals surface area contributed by atoms with Crippen LogP contribution in [0.2, 0.25) is 5.02 Å². The Morgan fingerprint density at radius 2 is 2.00 bits per heavy atom. The van der Waals surface area contributed by atoms with Gasteiger partial charge in [-0.15, -0.1) is 0 Å². The third-order valence-corrected chi connectivity index (χ3v) is 4.88. The van der Waals surface area contributed by atoms with Gasteiger partial charge in [-0.25, -0.2) is 18.2 Å². The maximum atomic E-state index is 13.7. The zero-order valence-corrected chi connectivity index (χ0v) is 16.1. The van der Waals surface area contributed by atoms with Crippen molar-refractivity contribution in [3.05, 3.63) is 58.9 Å². The van der Waals surface area contributed by atoms with Crippen molar-refractivity contribution in [2.75, 3.05) is 24.2 Å². The standard InChI is InChI=1S/C17H17ClFN3O4S/c1-26-16-9-4-3-8-15(16)22(27(2,24)25)11-17(23)21-20-10-12-13(18)6-5-7-14(12)19/h3-10H,11H2,1-2H3,(H,21,23)/b20-10-. The smallest absolute Gasteiger partial charge is 0.260 e. The number of benzene rings is 2. The van der Waals surface area contributed by atoms with Gasteiger partial charge in [0, 0.05) is 5.56 Å². The fourth-order valence-corrected chi connectivity index (χ4v) is 3.26. The van der Waals surface area contributed by atoms with Crippen molar-refractivity contribution in [1.82, 2.24) is 5.43 Å². The van der Waals surface area contributed by atoms with E-state index in [4.69, 9.17) is 16.3 Å². The molecule has 0 aliphatic heterocycles. The van der Waals surface area contributed by atoms with Gasteiger partial charge in [0.25, 0.3) is 5.91 Å². The van der Waals surface area contributed by atoms with Crippen LogP contribution in [-0.2, 0) is 14.8 Å². The van der Waals surface area contributed by atoms with Gasteiger partial charge < -0.3 is 4.74 Å². The molecular weight excluding hydrogens is 397 g/mol. The number of halogens is 2. The fourth-order valence-electron chi connectivity index (χ4n) is 2.19. The highest BCUT2D eigenvalue weighted by atomic mass is 35.5. The lowest BCUT2D eigenvalue weighted by Gasteiger charge is -2.23. The van der Waals surface area contributed by atoms with Gasteiger partial charge in [0.1, 0.15) is 18.1 Å². The second-order valence-electron chi connectivity index (χ2n) is 5.37. The molecule has 0 spiro atoms. The molecule has 0 aliphatic carbocycles. The summed E-state index contributed by atoms with van der Waals surface area (Å²) < 4.78 is 43.9. The van der Waals surface area contributed by atoms with Crippen molar-refractivity contribution in [3.8, 4) is 5.75 Å². The normalized spacial score (nSPS) is 11.4. The predicted octanol–water partition coefficient (Wildman–Crippen LogP) is 2.40. The molecule has 0 fully saturated rings. The maximum absolute atomic E-state index is 13.7. The summed E-state index contributed by atoms with van der Waals surface area (Å²) in [5.74, 6) is -1.04. The predicted molar refractivity (Wildman–Crippen MR) is 102 cm³/mol. The van der Waals surface area contributed by atoms with E-state index in [9.17, 15) is 17.6 Å². The zero-order chi connectivity index (χ0) is 20.0. The van der Waals surface area contributed by atoms with Gasteiger partial charge in [0.2, 0.25) is 10.0 Å². The van der Waals surface area contributed by atoms with E-state index in [0.29, 0.717) is 0 Å². The number of ether oxygens (including phenoxy) is 1. The molecule has 0 saturated carbocycles. The lowest BCUT2D eigenvalue weighted by Crippen LogP contribution is -2.39. The Kier molecular flexibility index (Phi) is 6.75. The van der Waals surface area contributed by atoms with E-state index in [1.54, 1.807) is 18.2 Å². The number of anilines is 1. The molecule has 0 heterocycles. The number of hydrazone groups is 1. The van der Waals surface area contributed by atoms with Crippen molar-refractivity contribution in [3.63, 3.8) is 0 Å². The average Bonchev–Trinajstić information content (AvgIpc) is 2.61. The summed E-state index contributed by atoms with van der Waals surface area (Å²) in [7, 11) is -2.39. The molecule has 10 heteroatoms. The Morgan fingerprint density at radius 3 is 2.63 bits per heavy atom. The third kappa shape index (κ3) is 5.41. The lowest BCUT2D eigenvalue weighted by atomic mass is 10.2. The summed E-state index contributed by atoms with van der Waals surface area (Å²) in [6, 6.07) is 10.5. The number of methoxy groups -OCH3 is 1. The monoisotopic (exact) mass is 413 g/mol. The number of rotatable bonds is 7. The first kappa shape index (κ1) is 20.7. The first-order chi connectivity index (χ1) is 12.7. The van der Waals surface area contributed by atoms with Crippen molar-refractivity contribution >= 4 is 39.4 Å². The van der Waals surface area contributed by atoms with Crippen LogP contribution in [0.3, 0.4) is 0 Å². The van der Waals surface area contributed by atoms with Gasteiger partial charge in [-0.05, 0) is 24.3 Å². The fraction of sp³-hybridized carbons (Fsp3) is 0.176. The Hall–Kier alpha value is -2.65. The van der Waals surface area contributed by atoms with Crippen LogP contribution >= 0.6 is 11.6 Å². The number of hydrogen-bond acceptors (Lipinski definition) is 5. The highest BCUT2D eigenvalue weighted by molar-refractivity contribution is 7.92. The molecule has 1 N–H and O–H groups in total. The lowest BCUT2D eigenvalue weighted by molar-refractivity contribution is -0.119. The molecule has 0 aliphatic rings. The van der Waals surface area contributed by atoms with Crippen LogP contribution in [0.4, 0.5) is 10.1 Å². The summed E-state index contributed by atoms with van der Waals surface area (Å²) >= 11 is 5.86. The van der Waals surface area contributed by atoms with E-state index in [0.717, 1.165) is 16.8 Å². The van der Waals surface area contributed by atoms with Crippen LogP contribution in [0.5, 0.6) is 5.75 Å². The Morgan fingerprint density at radius 1 is 1.30 bits per heavy atom. The molecule has 2 rings (SSSR count). The van der Waals surface area contributed by atoms with Crippen LogP contribution < -0.4 is 14.5 Å². The molecule has 0 radical (unpaired) electrons. The Bertz CT molecular complexity index is 946. The molecule has 0 saturated heterocycles. The highest BCUT2D eigenvalue weighted by Gasteiger charge is 2.23. The van der Waals surface area contributed by atoms with Crippen molar-refractivity contribution in [2.24, 2.45) is 5.10 Å². The van der Waals surface area contributed by atoms with Gasteiger partial charge in [-0.2, -0.15) is 5.10 Å². The molecule has 0 unspecified atom stereocenters. The largest absolute Gasteiger partial charge is 0.495 e. The van der Waals surface area contributed by atoms with Crippen LogP contribution in [0, 0.1) is 5.82 Å². The summed E-state index contributed by atoms with van der Waals surface area (Å²) in [4.78, 5) is 12.1. The molecule has 7 nitrogen and oxygen atoms in total. The van der Waals surface area contributed by atoms with E-state index >= 15 is 0 Å². The zero-order valence-electron chi connectivity index (χ0n) is 14.5. The van der Waals surface area contributed by atoms with Crippen LogP contribution in [-0.4, -0.2) is 40.4 Å². The van der Waals surface area contributed by atoms with Gasteiger partial charge in [0.05, 0.1) is 30.3 Å². The first-order valence-electron chi connectivity index (χ1n) is 7.60. The molecule has 144 valence electrons. The van der Waals surface area contributed by atoms with E-state index in [2.05, 4.69) is 10.5 Å². The molecule has 27 heavy (non-hydrogen) atoms. The summed E-state index contributed by atoms with van der Waals surface area (Å²) in [5.41, 5.74) is 2.36.